The molecule has 2 rings (SSSR count). The number of benzene rings is 1. The van der Waals surface area contributed by atoms with Crippen molar-refractivity contribution >= 4 is 23.2 Å². The van der Waals surface area contributed by atoms with Crippen molar-refractivity contribution in [1.29, 1.82) is 0 Å². The van der Waals surface area contributed by atoms with Crippen LogP contribution in [0.2, 0.25) is 0 Å². The fraction of sp³-hybridized carbons (Fsp3) is 0.571. The molecule has 1 unspecified atom stereocenters. The predicted molar refractivity (Wildman–Crippen MR) is 74.2 cm³/mol. The van der Waals surface area contributed by atoms with E-state index in [9.17, 15) is 0 Å². The van der Waals surface area contributed by atoms with Crippen LogP contribution in [-0.4, -0.2) is 23.8 Å². The van der Waals surface area contributed by atoms with Gasteiger partial charge in [0.1, 0.15) is 4.33 Å². The minimum Gasteiger partial charge on any atom is -0.352 e. The summed E-state index contributed by atoms with van der Waals surface area (Å²) < 4.78 is 10.6. The van der Waals surface area contributed by atoms with E-state index in [1.165, 1.54) is 0 Å². The molecule has 100 valence electrons. The lowest BCUT2D eigenvalue weighted by Gasteiger charge is -2.28. The number of hydrogen-bond donors (Lipinski definition) is 0. The maximum atomic E-state index is 6.37. The molecule has 0 N–H and O–H groups in total. The van der Waals surface area contributed by atoms with Gasteiger partial charge >= 0.3 is 0 Å². The van der Waals surface area contributed by atoms with Gasteiger partial charge in [-0.3, -0.25) is 0 Å². The van der Waals surface area contributed by atoms with Gasteiger partial charge in [-0.15, -0.1) is 23.2 Å². The van der Waals surface area contributed by atoms with Gasteiger partial charge in [-0.05, 0) is 25.8 Å². The monoisotopic (exact) mass is 288 g/mol. The molecule has 0 spiro atoms. The maximum Gasteiger partial charge on any atom is 0.170 e. The Morgan fingerprint density at radius 3 is 2.00 bits per heavy atom. The third-order valence-corrected chi connectivity index (χ3v) is 4.30. The highest BCUT2D eigenvalue weighted by Gasteiger charge is 2.72. The SMILES string of the molecule is CCOC(OCC)C1(c2ccccc2)CC1(Cl)Cl. The van der Waals surface area contributed by atoms with Gasteiger partial charge < -0.3 is 9.47 Å². The maximum absolute atomic E-state index is 6.37. The van der Waals surface area contributed by atoms with Crippen LogP contribution in [0.3, 0.4) is 0 Å². The Hall–Kier alpha value is -0.280. The molecule has 1 aromatic carbocycles. The summed E-state index contributed by atoms with van der Waals surface area (Å²) in [5.41, 5.74) is 0.616. The molecule has 0 heterocycles. The summed E-state index contributed by atoms with van der Waals surface area (Å²) in [5.74, 6) is 0. The van der Waals surface area contributed by atoms with Crippen molar-refractivity contribution in [2.45, 2.75) is 36.3 Å². The third-order valence-electron chi connectivity index (χ3n) is 3.36. The van der Waals surface area contributed by atoms with E-state index in [0.29, 0.717) is 19.6 Å². The van der Waals surface area contributed by atoms with Crippen molar-refractivity contribution < 1.29 is 9.47 Å². The second kappa shape index (κ2) is 5.38. The molecule has 1 aliphatic carbocycles. The molecule has 2 nitrogen and oxygen atoms in total. The zero-order valence-electron chi connectivity index (χ0n) is 10.7. The van der Waals surface area contributed by atoms with Gasteiger partial charge in [0.25, 0.3) is 0 Å². The average molecular weight is 289 g/mol. The van der Waals surface area contributed by atoms with Crippen LogP contribution in [0, 0.1) is 0 Å². The molecule has 1 aliphatic rings. The van der Waals surface area contributed by atoms with Crippen molar-refractivity contribution in [3.05, 3.63) is 35.9 Å². The van der Waals surface area contributed by atoms with E-state index < -0.39 is 16.0 Å². The van der Waals surface area contributed by atoms with Gasteiger partial charge in [0, 0.05) is 13.2 Å². The molecule has 0 amide bonds. The molecule has 1 fully saturated rings. The second-order valence-electron chi connectivity index (χ2n) is 4.46. The van der Waals surface area contributed by atoms with Crippen molar-refractivity contribution in [2.75, 3.05) is 13.2 Å². The Labute approximate surface area is 118 Å². The highest BCUT2D eigenvalue weighted by Crippen LogP contribution is 2.67. The summed E-state index contributed by atoms with van der Waals surface area (Å²) in [7, 11) is 0. The standard InChI is InChI=1S/C14H18Cl2O2/c1-3-17-12(18-4-2)13(10-14(13,15)16)11-8-6-5-7-9-11/h5-9,12H,3-4,10H2,1-2H3. The molecule has 0 aromatic heterocycles. The second-order valence-corrected chi connectivity index (χ2v) is 5.95. The molecular formula is C14H18Cl2O2. The highest BCUT2D eigenvalue weighted by atomic mass is 35.5. The summed E-state index contributed by atoms with van der Waals surface area (Å²) in [6.07, 6.45) is 0.252. The smallest absolute Gasteiger partial charge is 0.170 e. The number of halogens is 2. The van der Waals surface area contributed by atoms with Crippen LogP contribution in [0.25, 0.3) is 0 Å². The van der Waals surface area contributed by atoms with Crippen LogP contribution in [0.4, 0.5) is 0 Å². The molecule has 1 saturated carbocycles. The van der Waals surface area contributed by atoms with E-state index in [1.54, 1.807) is 0 Å². The van der Waals surface area contributed by atoms with Gasteiger partial charge in [0.05, 0.1) is 5.41 Å². The first-order chi connectivity index (χ1) is 8.58. The zero-order chi connectivity index (χ0) is 13.2. The fourth-order valence-electron chi connectivity index (χ4n) is 2.38. The molecule has 1 atom stereocenters. The summed E-state index contributed by atoms with van der Waals surface area (Å²) in [6.45, 7) is 5.03. The largest absolute Gasteiger partial charge is 0.352 e. The summed E-state index contributed by atoms with van der Waals surface area (Å²) in [4.78, 5) is 0. The van der Waals surface area contributed by atoms with Crippen molar-refractivity contribution in [3.8, 4) is 0 Å². The lowest BCUT2D eigenvalue weighted by molar-refractivity contribution is -0.157. The first-order valence-electron chi connectivity index (χ1n) is 6.25. The lowest BCUT2D eigenvalue weighted by atomic mass is 9.95. The van der Waals surface area contributed by atoms with Crippen LogP contribution in [0.15, 0.2) is 30.3 Å². The van der Waals surface area contributed by atoms with Crippen LogP contribution >= 0.6 is 23.2 Å². The van der Waals surface area contributed by atoms with E-state index in [2.05, 4.69) is 0 Å². The van der Waals surface area contributed by atoms with Crippen LogP contribution in [0.5, 0.6) is 0 Å². The van der Waals surface area contributed by atoms with E-state index in [1.807, 2.05) is 44.2 Å². The number of hydrogen-bond acceptors (Lipinski definition) is 2. The molecule has 18 heavy (non-hydrogen) atoms. The number of ether oxygens (including phenoxy) is 2. The summed E-state index contributed by atoms with van der Waals surface area (Å²) in [5, 5.41) is 0. The Morgan fingerprint density at radius 2 is 1.61 bits per heavy atom. The van der Waals surface area contributed by atoms with Gasteiger partial charge in [0.2, 0.25) is 0 Å². The molecular weight excluding hydrogens is 271 g/mol. The Balaban J connectivity index is 2.33. The van der Waals surface area contributed by atoms with Gasteiger partial charge in [-0.2, -0.15) is 0 Å². The zero-order valence-corrected chi connectivity index (χ0v) is 12.2. The molecule has 0 radical (unpaired) electrons. The molecule has 0 aliphatic heterocycles. The quantitative estimate of drug-likeness (QED) is 0.584. The van der Waals surface area contributed by atoms with Crippen LogP contribution in [-0.2, 0) is 14.9 Å². The lowest BCUT2D eigenvalue weighted by Crippen LogP contribution is -2.36. The van der Waals surface area contributed by atoms with Crippen molar-refractivity contribution in [3.63, 3.8) is 0 Å². The molecule has 0 saturated heterocycles. The topological polar surface area (TPSA) is 18.5 Å². The first-order valence-corrected chi connectivity index (χ1v) is 7.00. The Morgan fingerprint density at radius 1 is 1.11 bits per heavy atom. The predicted octanol–water partition coefficient (Wildman–Crippen LogP) is 3.90. The average Bonchev–Trinajstić information content (AvgIpc) is 2.95. The van der Waals surface area contributed by atoms with E-state index in [4.69, 9.17) is 32.7 Å². The van der Waals surface area contributed by atoms with Gasteiger partial charge in [-0.25, -0.2) is 0 Å². The van der Waals surface area contributed by atoms with Crippen molar-refractivity contribution in [2.24, 2.45) is 0 Å². The minimum atomic E-state index is -0.816. The van der Waals surface area contributed by atoms with E-state index in [0.717, 1.165) is 5.56 Å². The van der Waals surface area contributed by atoms with Gasteiger partial charge in [-0.1, -0.05) is 30.3 Å². The third kappa shape index (κ3) is 2.27. The highest BCUT2D eigenvalue weighted by molar-refractivity contribution is 6.52. The Kier molecular flexibility index (Phi) is 4.22. The molecule has 1 aromatic rings. The molecule has 4 heteroatoms. The fourth-order valence-corrected chi connectivity index (χ4v) is 3.20. The minimum absolute atomic E-state index is 0.398. The summed E-state index contributed by atoms with van der Waals surface area (Å²) in [6, 6.07) is 9.98. The van der Waals surface area contributed by atoms with Crippen LogP contribution < -0.4 is 0 Å². The molecule has 0 bridgehead atoms. The first kappa shape index (κ1) is 14.1. The number of alkyl halides is 2. The summed E-state index contributed by atoms with van der Waals surface area (Å²) >= 11 is 12.7. The normalized spacial score (nSPS) is 25.4. The van der Waals surface area contributed by atoms with Crippen molar-refractivity contribution in [1.82, 2.24) is 0 Å². The number of rotatable bonds is 6. The Bertz CT molecular complexity index is 388. The van der Waals surface area contributed by atoms with E-state index >= 15 is 0 Å². The van der Waals surface area contributed by atoms with E-state index in [-0.39, 0.29) is 0 Å². The van der Waals surface area contributed by atoms with Crippen LogP contribution in [0.1, 0.15) is 25.8 Å². The van der Waals surface area contributed by atoms with Gasteiger partial charge in [0.15, 0.2) is 6.29 Å².